The van der Waals surface area contributed by atoms with Crippen LogP contribution >= 0.6 is 11.6 Å². The van der Waals surface area contributed by atoms with E-state index in [0.29, 0.717) is 33.1 Å². The van der Waals surface area contributed by atoms with E-state index in [0.717, 1.165) is 0 Å². The number of para-hydroxylation sites is 1. The fourth-order valence-corrected chi connectivity index (χ4v) is 2.29. The van der Waals surface area contributed by atoms with Crippen LogP contribution in [0.15, 0.2) is 48.5 Å². The van der Waals surface area contributed by atoms with E-state index in [1.54, 1.807) is 18.2 Å². The van der Waals surface area contributed by atoms with Gasteiger partial charge in [-0.05, 0) is 30.3 Å². The summed E-state index contributed by atoms with van der Waals surface area (Å²) in [7, 11) is 1.33. The quantitative estimate of drug-likeness (QED) is 0.729. The number of carbonyl (C=O) groups is 1. The van der Waals surface area contributed by atoms with Crippen molar-refractivity contribution < 1.29 is 14.3 Å². The number of esters is 1. The smallest absolute Gasteiger partial charge is 0.354 e. The molecule has 1 heterocycles. The lowest BCUT2D eigenvalue weighted by atomic mass is 10.2. The molecule has 0 radical (unpaired) electrons. The molecule has 0 aliphatic carbocycles. The zero-order valence-corrected chi connectivity index (χ0v) is 12.0. The molecule has 0 atom stereocenters. The Morgan fingerprint density at radius 2 is 1.90 bits per heavy atom. The number of benzene rings is 2. The van der Waals surface area contributed by atoms with Crippen LogP contribution < -0.4 is 4.74 Å². The summed E-state index contributed by atoms with van der Waals surface area (Å²) < 4.78 is 10.5. The molecule has 0 saturated carbocycles. The zero-order chi connectivity index (χ0) is 14.8. The molecule has 1 N–H and O–H groups in total. The molecule has 106 valence electrons. The number of ether oxygens (including phenoxy) is 2. The Bertz CT molecular complexity index is 796. The summed E-state index contributed by atoms with van der Waals surface area (Å²) in [4.78, 5) is 14.6. The summed E-state index contributed by atoms with van der Waals surface area (Å²) in [6.45, 7) is 0. The molecule has 5 heteroatoms. The van der Waals surface area contributed by atoms with E-state index in [9.17, 15) is 4.79 Å². The molecule has 0 aliphatic heterocycles. The van der Waals surface area contributed by atoms with Gasteiger partial charge in [-0.1, -0.05) is 29.8 Å². The lowest BCUT2D eigenvalue weighted by molar-refractivity contribution is 0.0595. The number of aromatic amines is 1. The van der Waals surface area contributed by atoms with Crippen LogP contribution in [0, 0.1) is 0 Å². The van der Waals surface area contributed by atoms with Crippen molar-refractivity contribution in [2.24, 2.45) is 0 Å². The van der Waals surface area contributed by atoms with Crippen LogP contribution in [0.3, 0.4) is 0 Å². The van der Waals surface area contributed by atoms with E-state index in [2.05, 4.69) is 4.98 Å². The van der Waals surface area contributed by atoms with E-state index in [4.69, 9.17) is 21.1 Å². The molecule has 0 fully saturated rings. The largest absolute Gasteiger partial charge is 0.464 e. The van der Waals surface area contributed by atoms with E-state index >= 15 is 0 Å². The lowest BCUT2D eigenvalue weighted by Crippen LogP contribution is -2.00. The van der Waals surface area contributed by atoms with Gasteiger partial charge in [-0.15, -0.1) is 0 Å². The van der Waals surface area contributed by atoms with Crippen LogP contribution in [0.5, 0.6) is 11.5 Å². The average Bonchev–Trinajstić information content (AvgIpc) is 2.97. The van der Waals surface area contributed by atoms with Gasteiger partial charge in [-0.25, -0.2) is 4.79 Å². The molecular weight excluding hydrogens is 290 g/mol. The van der Waals surface area contributed by atoms with Crippen LogP contribution in [-0.4, -0.2) is 18.1 Å². The monoisotopic (exact) mass is 301 g/mol. The Morgan fingerprint density at radius 1 is 1.14 bits per heavy atom. The maximum absolute atomic E-state index is 11.6. The molecule has 3 rings (SSSR count). The lowest BCUT2D eigenvalue weighted by Gasteiger charge is -2.07. The molecule has 0 aliphatic rings. The Labute approximate surface area is 126 Å². The number of hydrogen-bond donors (Lipinski definition) is 1. The van der Waals surface area contributed by atoms with E-state index in [1.807, 2.05) is 30.3 Å². The van der Waals surface area contributed by atoms with Gasteiger partial charge < -0.3 is 14.5 Å². The van der Waals surface area contributed by atoms with Crippen LogP contribution in [0.2, 0.25) is 5.02 Å². The second-order valence-corrected chi connectivity index (χ2v) is 4.83. The SMILES string of the molecule is COC(=O)c1cc2c(Cl)ccc(Oc3ccccc3)c2[nH]1. The summed E-state index contributed by atoms with van der Waals surface area (Å²) in [5.74, 6) is 0.846. The van der Waals surface area contributed by atoms with Gasteiger partial charge >= 0.3 is 5.97 Å². The van der Waals surface area contributed by atoms with Gasteiger partial charge in [0.15, 0.2) is 5.75 Å². The number of aromatic nitrogens is 1. The molecule has 21 heavy (non-hydrogen) atoms. The van der Waals surface area contributed by atoms with Crippen molar-refractivity contribution in [1.82, 2.24) is 4.98 Å². The van der Waals surface area contributed by atoms with Gasteiger partial charge in [-0.2, -0.15) is 0 Å². The Morgan fingerprint density at radius 3 is 2.62 bits per heavy atom. The number of hydrogen-bond acceptors (Lipinski definition) is 3. The highest BCUT2D eigenvalue weighted by molar-refractivity contribution is 6.35. The third kappa shape index (κ3) is 2.58. The summed E-state index contributed by atoms with van der Waals surface area (Å²) in [5.41, 5.74) is 0.991. The standard InChI is InChI=1S/C16H12ClNO3/c1-20-16(19)13-9-11-12(17)7-8-14(15(11)18-13)21-10-5-3-2-4-6-10/h2-9,18H,1H3. The number of methoxy groups -OCH3 is 1. The minimum Gasteiger partial charge on any atom is -0.464 e. The van der Waals surface area contributed by atoms with Crippen LogP contribution in [-0.2, 0) is 4.74 Å². The van der Waals surface area contributed by atoms with Gasteiger partial charge in [0.05, 0.1) is 17.6 Å². The van der Waals surface area contributed by atoms with E-state index < -0.39 is 5.97 Å². The number of nitrogens with one attached hydrogen (secondary N) is 1. The first-order valence-corrected chi connectivity index (χ1v) is 6.69. The summed E-state index contributed by atoms with van der Waals surface area (Å²) >= 11 is 6.17. The van der Waals surface area contributed by atoms with Gasteiger partial charge in [0.25, 0.3) is 0 Å². The third-order valence-corrected chi connectivity index (χ3v) is 3.41. The van der Waals surface area contributed by atoms with E-state index in [1.165, 1.54) is 7.11 Å². The van der Waals surface area contributed by atoms with Crippen LogP contribution in [0.25, 0.3) is 10.9 Å². The van der Waals surface area contributed by atoms with Crippen molar-refractivity contribution in [2.75, 3.05) is 7.11 Å². The second-order valence-electron chi connectivity index (χ2n) is 4.42. The Kier molecular flexibility index (Phi) is 3.54. The van der Waals surface area contributed by atoms with Crippen LogP contribution in [0.1, 0.15) is 10.5 Å². The van der Waals surface area contributed by atoms with Crippen molar-refractivity contribution in [2.45, 2.75) is 0 Å². The van der Waals surface area contributed by atoms with Crippen molar-refractivity contribution >= 4 is 28.5 Å². The van der Waals surface area contributed by atoms with Gasteiger partial charge in [0, 0.05) is 5.39 Å². The summed E-state index contributed by atoms with van der Waals surface area (Å²) in [5, 5.41) is 1.25. The topological polar surface area (TPSA) is 51.3 Å². The first-order valence-electron chi connectivity index (χ1n) is 6.31. The predicted molar refractivity (Wildman–Crippen MR) is 81.2 cm³/mol. The highest BCUT2D eigenvalue weighted by Gasteiger charge is 2.15. The highest BCUT2D eigenvalue weighted by atomic mass is 35.5. The Balaban J connectivity index is 2.09. The molecule has 3 aromatic rings. The number of rotatable bonds is 3. The molecular formula is C16H12ClNO3. The number of H-pyrrole nitrogens is 1. The maximum Gasteiger partial charge on any atom is 0.354 e. The predicted octanol–water partition coefficient (Wildman–Crippen LogP) is 4.40. The maximum atomic E-state index is 11.6. The third-order valence-electron chi connectivity index (χ3n) is 3.08. The fourth-order valence-electron chi connectivity index (χ4n) is 2.08. The zero-order valence-electron chi connectivity index (χ0n) is 11.2. The Hall–Kier alpha value is -2.46. The molecule has 0 spiro atoms. The second kappa shape index (κ2) is 5.50. The molecule has 1 aromatic heterocycles. The molecule has 0 bridgehead atoms. The minimum absolute atomic E-state index is 0.332. The van der Waals surface area contributed by atoms with Crippen molar-refractivity contribution in [3.05, 3.63) is 59.2 Å². The van der Waals surface area contributed by atoms with E-state index in [-0.39, 0.29) is 0 Å². The molecule has 2 aromatic carbocycles. The number of halogens is 1. The van der Waals surface area contributed by atoms with Crippen molar-refractivity contribution in [3.8, 4) is 11.5 Å². The van der Waals surface area contributed by atoms with Gasteiger partial charge in [-0.3, -0.25) is 0 Å². The first-order chi connectivity index (χ1) is 10.2. The van der Waals surface area contributed by atoms with Gasteiger partial charge in [0.1, 0.15) is 11.4 Å². The molecule has 0 amide bonds. The number of fused-ring (bicyclic) bond motifs is 1. The van der Waals surface area contributed by atoms with Gasteiger partial charge in [0.2, 0.25) is 0 Å². The number of carbonyl (C=O) groups excluding carboxylic acids is 1. The normalized spacial score (nSPS) is 10.6. The highest BCUT2D eigenvalue weighted by Crippen LogP contribution is 2.34. The average molecular weight is 302 g/mol. The fraction of sp³-hybridized carbons (Fsp3) is 0.0625. The summed E-state index contributed by atoms with van der Waals surface area (Å²) in [6.07, 6.45) is 0. The summed E-state index contributed by atoms with van der Waals surface area (Å²) in [6, 6.07) is 14.5. The van der Waals surface area contributed by atoms with Crippen LogP contribution in [0.4, 0.5) is 0 Å². The molecule has 4 nitrogen and oxygen atoms in total. The first kappa shape index (κ1) is 13.5. The molecule has 0 saturated heterocycles. The minimum atomic E-state index is -0.451. The molecule has 0 unspecified atom stereocenters. The van der Waals surface area contributed by atoms with Crippen molar-refractivity contribution in [3.63, 3.8) is 0 Å². The van der Waals surface area contributed by atoms with Crippen molar-refractivity contribution in [1.29, 1.82) is 0 Å².